The molecule has 92 valence electrons. The number of thiophene rings is 1. The molecule has 3 heteroatoms. The van der Waals surface area contributed by atoms with E-state index < -0.39 is 0 Å². The molecule has 1 aromatic rings. The Hall–Kier alpha value is 0.01000. The van der Waals surface area contributed by atoms with Gasteiger partial charge in [0.25, 0.3) is 0 Å². The first-order chi connectivity index (χ1) is 7.70. The van der Waals surface area contributed by atoms with Crippen LogP contribution in [0.4, 0.5) is 0 Å². The van der Waals surface area contributed by atoms with Gasteiger partial charge >= 0.3 is 0 Å². The maximum absolute atomic E-state index is 3.51. The summed E-state index contributed by atoms with van der Waals surface area (Å²) in [6.07, 6.45) is 1.28. The van der Waals surface area contributed by atoms with Crippen LogP contribution >= 0.6 is 23.1 Å². The van der Waals surface area contributed by atoms with Crippen molar-refractivity contribution in [2.75, 3.05) is 18.1 Å². The Morgan fingerprint density at radius 3 is 2.88 bits per heavy atom. The van der Waals surface area contributed by atoms with E-state index in [1.54, 1.807) is 0 Å². The van der Waals surface area contributed by atoms with Crippen LogP contribution in [0, 0.1) is 12.8 Å². The summed E-state index contributed by atoms with van der Waals surface area (Å²) in [7, 11) is 0. The van der Waals surface area contributed by atoms with Gasteiger partial charge in [-0.25, -0.2) is 0 Å². The number of rotatable bonds is 8. The summed E-state index contributed by atoms with van der Waals surface area (Å²) >= 11 is 3.93. The zero-order valence-corrected chi connectivity index (χ0v) is 12.2. The summed E-state index contributed by atoms with van der Waals surface area (Å²) in [4.78, 5) is 1.48. The number of hydrogen-bond acceptors (Lipinski definition) is 3. The van der Waals surface area contributed by atoms with Crippen molar-refractivity contribution in [1.29, 1.82) is 0 Å². The molecule has 0 saturated carbocycles. The summed E-state index contributed by atoms with van der Waals surface area (Å²) in [6.45, 7) is 8.93. The number of aryl methyl sites for hydroxylation is 1. The minimum atomic E-state index is 0.826. The van der Waals surface area contributed by atoms with Crippen molar-refractivity contribution in [2.24, 2.45) is 5.92 Å². The lowest BCUT2D eigenvalue weighted by Crippen LogP contribution is -2.15. The summed E-state index contributed by atoms with van der Waals surface area (Å²) in [5.41, 5.74) is 1.42. The van der Waals surface area contributed by atoms with Gasteiger partial charge in [0.1, 0.15) is 0 Å². The number of hydrogen-bond donors (Lipinski definition) is 1. The van der Waals surface area contributed by atoms with Crippen molar-refractivity contribution < 1.29 is 0 Å². The van der Waals surface area contributed by atoms with Crippen molar-refractivity contribution >= 4 is 23.1 Å². The Balaban J connectivity index is 1.94. The lowest BCUT2D eigenvalue weighted by Gasteiger charge is -2.05. The highest BCUT2D eigenvalue weighted by molar-refractivity contribution is 7.99. The smallest absolute Gasteiger partial charge is 0.0302 e. The number of thioether (sulfide) groups is 1. The Labute approximate surface area is 108 Å². The second-order valence-electron chi connectivity index (χ2n) is 4.53. The van der Waals surface area contributed by atoms with Crippen molar-refractivity contribution in [2.45, 2.75) is 33.7 Å². The molecule has 1 aromatic heterocycles. The average molecular weight is 257 g/mol. The van der Waals surface area contributed by atoms with Gasteiger partial charge in [0.2, 0.25) is 0 Å². The molecule has 16 heavy (non-hydrogen) atoms. The highest BCUT2D eigenvalue weighted by atomic mass is 32.2. The van der Waals surface area contributed by atoms with Gasteiger partial charge in [-0.15, -0.1) is 11.3 Å². The first-order valence-corrected chi connectivity index (χ1v) is 8.05. The second-order valence-corrected chi connectivity index (χ2v) is 6.68. The zero-order valence-electron chi connectivity index (χ0n) is 10.6. The van der Waals surface area contributed by atoms with Crippen LogP contribution in [0.3, 0.4) is 0 Å². The van der Waals surface area contributed by atoms with Crippen LogP contribution in [0.1, 0.15) is 30.7 Å². The molecule has 0 bridgehead atoms. The highest BCUT2D eigenvalue weighted by Gasteiger charge is 1.98. The molecular formula is C13H23NS2. The van der Waals surface area contributed by atoms with Gasteiger partial charge in [-0.05, 0) is 54.3 Å². The Bertz CT molecular complexity index is 281. The Morgan fingerprint density at radius 2 is 2.25 bits per heavy atom. The van der Waals surface area contributed by atoms with E-state index in [0.29, 0.717) is 0 Å². The third-order valence-electron chi connectivity index (χ3n) is 2.35. The molecule has 1 heterocycles. The molecule has 0 spiro atoms. The first-order valence-electron chi connectivity index (χ1n) is 6.01. The monoisotopic (exact) mass is 257 g/mol. The van der Waals surface area contributed by atoms with Crippen LogP contribution in [-0.2, 0) is 6.54 Å². The minimum Gasteiger partial charge on any atom is -0.312 e. The normalized spacial score (nSPS) is 11.2. The molecule has 0 unspecified atom stereocenters. The molecule has 0 atom stereocenters. The van der Waals surface area contributed by atoms with E-state index in [1.807, 2.05) is 11.3 Å². The van der Waals surface area contributed by atoms with E-state index in [0.717, 1.165) is 19.0 Å². The van der Waals surface area contributed by atoms with Crippen molar-refractivity contribution in [3.63, 3.8) is 0 Å². The van der Waals surface area contributed by atoms with Gasteiger partial charge in [-0.3, -0.25) is 0 Å². The number of nitrogens with one attached hydrogen (secondary N) is 1. The molecule has 1 N–H and O–H groups in total. The zero-order chi connectivity index (χ0) is 11.8. The molecule has 0 amide bonds. The summed E-state index contributed by atoms with van der Waals surface area (Å²) in [6, 6.07) is 2.19. The first kappa shape index (κ1) is 14.1. The maximum Gasteiger partial charge on any atom is 0.0302 e. The molecule has 0 aliphatic carbocycles. The van der Waals surface area contributed by atoms with Crippen LogP contribution in [0.2, 0.25) is 0 Å². The third kappa shape index (κ3) is 5.92. The van der Waals surface area contributed by atoms with E-state index in [2.05, 4.69) is 49.3 Å². The highest BCUT2D eigenvalue weighted by Crippen LogP contribution is 2.14. The Kier molecular flexibility index (Phi) is 7.17. The van der Waals surface area contributed by atoms with E-state index in [9.17, 15) is 0 Å². The summed E-state index contributed by atoms with van der Waals surface area (Å²) < 4.78 is 0. The van der Waals surface area contributed by atoms with Crippen LogP contribution < -0.4 is 5.32 Å². The molecule has 0 aromatic carbocycles. The molecule has 1 nitrogen and oxygen atoms in total. The standard InChI is InChI=1S/C13H23NS2/c1-11(2)10-15-7-4-6-14-9-13-12(3)5-8-16-13/h5,8,11,14H,4,6-7,9-10H2,1-3H3. The Morgan fingerprint density at radius 1 is 1.44 bits per heavy atom. The third-order valence-corrected chi connectivity index (χ3v) is 4.85. The molecule has 0 saturated heterocycles. The predicted molar refractivity (Wildman–Crippen MR) is 77.5 cm³/mol. The van der Waals surface area contributed by atoms with Gasteiger partial charge in [0.05, 0.1) is 0 Å². The fourth-order valence-electron chi connectivity index (χ4n) is 1.41. The van der Waals surface area contributed by atoms with E-state index in [4.69, 9.17) is 0 Å². The molecule has 1 rings (SSSR count). The van der Waals surface area contributed by atoms with E-state index in [-0.39, 0.29) is 0 Å². The summed E-state index contributed by atoms with van der Waals surface area (Å²) in [5, 5.41) is 5.69. The van der Waals surface area contributed by atoms with E-state index >= 15 is 0 Å². The van der Waals surface area contributed by atoms with Crippen LogP contribution in [-0.4, -0.2) is 18.1 Å². The lowest BCUT2D eigenvalue weighted by molar-refractivity contribution is 0.682. The van der Waals surface area contributed by atoms with E-state index in [1.165, 1.54) is 28.4 Å². The fraction of sp³-hybridized carbons (Fsp3) is 0.692. The van der Waals surface area contributed by atoms with Crippen molar-refractivity contribution in [1.82, 2.24) is 5.32 Å². The van der Waals surface area contributed by atoms with Gasteiger partial charge in [0, 0.05) is 11.4 Å². The van der Waals surface area contributed by atoms with Crippen molar-refractivity contribution in [3.8, 4) is 0 Å². The van der Waals surface area contributed by atoms with Gasteiger partial charge in [-0.1, -0.05) is 13.8 Å². The molecular weight excluding hydrogens is 234 g/mol. The molecule has 0 fully saturated rings. The van der Waals surface area contributed by atoms with Gasteiger partial charge < -0.3 is 5.32 Å². The fourth-order valence-corrected chi connectivity index (χ4v) is 3.27. The molecule has 0 radical (unpaired) electrons. The predicted octanol–water partition coefficient (Wildman–Crippen LogP) is 3.93. The largest absolute Gasteiger partial charge is 0.312 e. The van der Waals surface area contributed by atoms with Crippen LogP contribution in [0.15, 0.2) is 11.4 Å². The average Bonchev–Trinajstić information content (AvgIpc) is 2.62. The molecule has 0 aliphatic heterocycles. The molecule has 0 aliphatic rings. The topological polar surface area (TPSA) is 12.0 Å². The van der Waals surface area contributed by atoms with Crippen LogP contribution in [0.5, 0.6) is 0 Å². The van der Waals surface area contributed by atoms with Gasteiger partial charge in [-0.2, -0.15) is 11.8 Å². The van der Waals surface area contributed by atoms with Crippen LogP contribution in [0.25, 0.3) is 0 Å². The second kappa shape index (κ2) is 8.15. The SMILES string of the molecule is Cc1ccsc1CNCCCSCC(C)C. The van der Waals surface area contributed by atoms with Gasteiger partial charge in [0.15, 0.2) is 0 Å². The van der Waals surface area contributed by atoms with Crippen molar-refractivity contribution in [3.05, 3.63) is 21.9 Å². The lowest BCUT2D eigenvalue weighted by atomic mass is 10.3. The summed E-state index contributed by atoms with van der Waals surface area (Å²) in [5.74, 6) is 3.41. The minimum absolute atomic E-state index is 0.826. The maximum atomic E-state index is 3.51. The quantitative estimate of drug-likeness (QED) is 0.708.